The van der Waals surface area contributed by atoms with Gasteiger partial charge in [-0.05, 0) is 24.0 Å². The predicted octanol–water partition coefficient (Wildman–Crippen LogP) is 6.41. The van der Waals surface area contributed by atoms with E-state index in [1.165, 1.54) is 11.1 Å². The van der Waals surface area contributed by atoms with Gasteiger partial charge in [0.2, 0.25) is 0 Å². The van der Waals surface area contributed by atoms with Crippen LogP contribution in [0.3, 0.4) is 0 Å². The van der Waals surface area contributed by atoms with Gasteiger partial charge in [0.25, 0.3) is 0 Å². The van der Waals surface area contributed by atoms with Crippen LogP contribution in [0.5, 0.6) is 0 Å². The first-order valence-corrected chi connectivity index (χ1v) is 17.7. The third-order valence-electron chi connectivity index (χ3n) is 4.77. The highest BCUT2D eigenvalue weighted by Crippen LogP contribution is 2.16. The van der Waals surface area contributed by atoms with Crippen molar-refractivity contribution >= 4 is 28.9 Å². The van der Waals surface area contributed by atoms with E-state index in [2.05, 4.69) is 122 Å². The molecule has 6 heteroatoms. The molecule has 2 aromatic rings. The fraction of sp³-hybridized carbons (Fsp3) is 0.417. The molecule has 0 aromatic heterocycles. The first-order chi connectivity index (χ1) is 14.2. The van der Waals surface area contributed by atoms with E-state index in [-0.39, 0.29) is 0 Å². The molecule has 0 heterocycles. The van der Waals surface area contributed by atoms with Crippen molar-refractivity contribution in [1.29, 1.82) is 0 Å². The van der Waals surface area contributed by atoms with Crippen LogP contribution >= 0.6 is 0 Å². The van der Waals surface area contributed by atoms with E-state index < -0.39 is 16.5 Å². The SMILES string of the molecule is C[Si](C)(C)N(Cc1ccccc1)N=CCCC=NN(Cc1ccccc1)[Si](C)(C)C. The monoisotopic (exact) mass is 438 g/mol. The molecule has 0 amide bonds. The molecule has 0 bridgehead atoms. The van der Waals surface area contributed by atoms with E-state index in [0.29, 0.717) is 0 Å². The summed E-state index contributed by atoms with van der Waals surface area (Å²) in [4.78, 5) is 0. The largest absolute Gasteiger partial charge is 0.321 e. The minimum Gasteiger partial charge on any atom is -0.321 e. The lowest BCUT2D eigenvalue weighted by atomic mass is 10.2. The van der Waals surface area contributed by atoms with Crippen molar-refractivity contribution in [3.8, 4) is 0 Å². The normalized spacial score (nSPS) is 12.6. The number of rotatable bonds is 11. The smallest absolute Gasteiger partial charge is 0.169 e. The standard InChI is InChI=1S/C24H38N4Si2/c1-29(2,3)27(21-23-15-9-7-10-16-23)25-19-13-14-20-26-28(30(4,5)6)22-24-17-11-8-12-18-24/h7-12,15-20H,13-14,21-22H2,1-6H3. The summed E-state index contributed by atoms with van der Waals surface area (Å²) >= 11 is 0. The van der Waals surface area contributed by atoms with E-state index in [9.17, 15) is 0 Å². The summed E-state index contributed by atoms with van der Waals surface area (Å²) in [5.74, 6) is 0. The summed E-state index contributed by atoms with van der Waals surface area (Å²) in [7, 11) is -3.05. The van der Waals surface area contributed by atoms with Gasteiger partial charge in [-0.3, -0.25) is 0 Å². The van der Waals surface area contributed by atoms with E-state index >= 15 is 0 Å². The number of hydrazone groups is 2. The van der Waals surface area contributed by atoms with E-state index in [1.807, 2.05) is 0 Å². The van der Waals surface area contributed by atoms with Crippen molar-refractivity contribution in [2.75, 3.05) is 0 Å². The molecule has 0 saturated carbocycles. The molecular weight excluding hydrogens is 400 g/mol. The molecule has 0 radical (unpaired) electrons. The maximum absolute atomic E-state index is 4.83. The highest BCUT2D eigenvalue weighted by Gasteiger charge is 2.23. The maximum atomic E-state index is 4.83. The van der Waals surface area contributed by atoms with Crippen LogP contribution in [0.1, 0.15) is 24.0 Å². The van der Waals surface area contributed by atoms with Crippen LogP contribution in [0.15, 0.2) is 70.9 Å². The number of hydrogen-bond acceptors (Lipinski definition) is 4. The molecule has 0 unspecified atom stereocenters. The Morgan fingerprint density at radius 2 is 0.933 bits per heavy atom. The number of benzene rings is 2. The second-order valence-electron chi connectivity index (χ2n) is 9.60. The molecule has 0 aliphatic rings. The van der Waals surface area contributed by atoms with Crippen LogP contribution < -0.4 is 0 Å². The average molecular weight is 439 g/mol. The van der Waals surface area contributed by atoms with Crippen molar-refractivity contribution < 1.29 is 0 Å². The van der Waals surface area contributed by atoms with Crippen molar-refractivity contribution in [3.63, 3.8) is 0 Å². The van der Waals surface area contributed by atoms with Gasteiger partial charge in [0, 0.05) is 12.4 Å². The third-order valence-corrected chi connectivity index (χ3v) is 8.41. The molecule has 0 atom stereocenters. The zero-order valence-electron chi connectivity index (χ0n) is 19.5. The summed E-state index contributed by atoms with van der Waals surface area (Å²) < 4.78 is 4.59. The predicted molar refractivity (Wildman–Crippen MR) is 137 cm³/mol. The molecule has 0 N–H and O–H groups in total. The van der Waals surface area contributed by atoms with Crippen LogP contribution in [0.4, 0.5) is 0 Å². The summed E-state index contributed by atoms with van der Waals surface area (Å²) in [5, 5.41) is 9.65. The number of nitrogens with zero attached hydrogens (tertiary/aromatic N) is 4. The second-order valence-corrected chi connectivity index (χ2v) is 19.3. The van der Waals surface area contributed by atoms with Gasteiger partial charge in [-0.2, -0.15) is 10.2 Å². The van der Waals surface area contributed by atoms with Crippen LogP contribution in [0.25, 0.3) is 0 Å². The zero-order chi connectivity index (χ0) is 22.0. The Labute approximate surface area is 185 Å². The van der Waals surface area contributed by atoms with Crippen LogP contribution in [-0.2, 0) is 13.1 Å². The van der Waals surface area contributed by atoms with Gasteiger partial charge in [0.15, 0.2) is 16.5 Å². The Balaban J connectivity index is 1.91. The summed E-state index contributed by atoms with van der Waals surface area (Å²) in [6.45, 7) is 15.8. The third kappa shape index (κ3) is 8.67. The molecular formula is C24H38N4Si2. The summed E-state index contributed by atoms with van der Waals surface area (Å²) in [6.07, 6.45) is 5.93. The molecule has 2 rings (SSSR count). The van der Waals surface area contributed by atoms with Crippen LogP contribution in [-0.4, -0.2) is 38.2 Å². The van der Waals surface area contributed by atoms with Crippen LogP contribution in [0, 0.1) is 0 Å². The van der Waals surface area contributed by atoms with Gasteiger partial charge >= 0.3 is 0 Å². The molecule has 162 valence electrons. The summed E-state index contributed by atoms with van der Waals surface area (Å²) in [5.41, 5.74) is 2.62. The first kappa shape index (κ1) is 24.1. The average Bonchev–Trinajstić information content (AvgIpc) is 2.68. The lowest BCUT2D eigenvalue weighted by molar-refractivity contribution is 0.443. The van der Waals surface area contributed by atoms with Gasteiger partial charge in [-0.15, -0.1) is 0 Å². The molecule has 0 fully saturated rings. The van der Waals surface area contributed by atoms with Gasteiger partial charge in [-0.1, -0.05) is 99.9 Å². The van der Waals surface area contributed by atoms with Gasteiger partial charge < -0.3 is 9.35 Å². The van der Waals surface area contributed by atoms with Gasteiger partial charge in [-0.25, -0.2) is 0 Å². The Hall–Kier alpha value is -2.19. The molecule has 2 aromatic carbocycles. The van der Waals surface area contributed by atoms with Crippen molar-refractivity contribution in [1.82, 2.24) is 9.35 Å². The Bertz CT molecular complexity index is 724. The molecule has 4 nitrogen and oxygen atoms in total. The Morgan fingerprint density at radius 3 is 1.23 bits per heavy atom. The van der Waals surface area contributed by atoms with E-state index in [1.54, 1.807) is 0 Å². The minimum atomic E-state index is -1.52. The Morgan fingerprint density at radius 1 is 0.600 bits per heavy atom. The molecule has 0 aliphatic carbocycles. The van der Waals surface area contributed by atoms with Crippen molar-refractivity contribution in [2.24, 2.45) is 10.2 Å². The lowest BCUT2D eigenvalue weighted by Gasteiger charge is -2.31. The highest BCUT2D eigenvalue weighted by atomic mass is 28.3. The number of unbranched alkanes of at least 4 members (excludes halogenated alkanes) is 1. The molecule has 0 spiro atoms. The Kier molecular flexibility index (Phi) is 9.05. The molecule has 0 saturated heterocycles. The highest BCUT2D eigenvalue weighted by molar-refractivity contribution is 6.73. The van der Waals surface area contributed by atoms with E-state index in [0.717, 1.165) is 25.9 Å². The topological polar surface area (TPSA) is 31.2 Å². The quantitative estimate of drug-likeness (QED) is 0.176. The van der Waals surface area contributed by atoms with Gasteiger partial charge in [0.1, 0.15) is 0 Å². The van der Waals surface area contributed by atoms with Crippen molar-refractivity contribution in [3.05, 3.63) is 71.8 Å². The van der Waals surface area contributed by atoms with Crippen LogP contribution in [0.2, 0.25) is 39.3 Å². The number of hydrogen-bond donors (Lipinski definition) is 0. The molecule has 0 aliphatic heterocycles. The fourth-order valence-electron chi connectivity index (χ4n) is 2.88. The fourth-order valence-corrected chi connectivity index (χ4v) is 5.05. The summed E-state index contributed by atoms with van der Waals surface area (Å²) in [6, 6.07) is 21.2. The maximum Gasteiger partial charge on any atom is 0.169 e. The first-order valence-electron chi connectivity index (χ1n) is 10.8. The zero-order valence-corrected chi connectivity index (χ0v) is 21.5. The minimum absolute atomic E-state index is 0.877. The lowest BCUT2D eigenvalue weighted by Crippen LogP contribution is -2.42. The molecule has 30 heavy (non-hydrogen) atoms. The van der Waals surface area contributed by atoms with Gasteiger partial charge in [0.05, 0.1) is 13.1 Å². The van der Waals surface area contributed by atoms with E-state index in [4.69, 9.17) is 10.2 Å². The second kappa shape index (κ2) is 11.3. The van der Waals surface area contributed by atoms with Crippen molar-refractivity contribution in [2.45, 2.75) is 65.2 Å².